The van der Waals surface area contributed by atoms with E-state index in [1.54, 1.807) is 0 Å². The van der Waals surface area contributed by atoms with Crippen LogP contribution in [0.4, 0.5) is 0 Å². The van der Waals surface area contributed by atoms with Gasteiger partial charge in [-0.15, -0.1) is 0 Å². The summed E-state index contributed by atoms with van der Waals surface area (Å²) in [6.45, 7) is 2.22. The first-order valence-corrected chi connectivity index (χ1v) is 4.88. The van der Waals surface area contributed by atoms with E-state index >= 15 is 0 Å². The van der Waals surface area contributed by atoms with Crippen LogP contribution in [0.3, 0.4) is 0 Å². The molecule has 0 nitrogen and oxygen atoms in total. The van der Waals surface area contributed by atoms with Crippen LogP contribution in [-0.4, -0.2) is 29.6 Å². The Morgan fingerprint density at radius 2 is 1.64 bits per heavy atom. The minimum atomic E-state index is 0. The molecule has 0 unspecified atom stereocenters. The normalized spacial score (nSPS) is 9.79. The molecule has 0 radical (unpaired) electrons. The molecule has 0 N–H and O–H groups in total. The van der Waals surface area contributed by atoms with Crippen molar-refractivity contribution in [2.75, 3.05) is 0 Å². The van der Waals surface area contributed by atoms with Crippen LogP contribution >= 0.6 is 0 Å². The molecule has 2 rings (SSSR count). The number of rotatable bonds is 2. The van der Waals surface area contributed by atoms with Crippen molar-refractivity contribution < 1.29 is 0 Å². The number of benzene rings is 2. The number of fused-ring (bicyclic) bond motifs is 1. The van der Waals surface area contributed by atoms with Gasteiger partial charge in [-0.2, -0.15) is 0 Å². The van der Waals surface area contributed by atoms with Crippen LogP contribution in [0.1, 0.15) is 18.9 Å². The predicted octanol–water partition coefficient (Wildman–Crippen LogP) is 3.14. The average molecular weight is 194 g/mol. The van der Waals surface area contributed by atoms with Crippen molar-refractivity contribution in [3.05, 3.63) is 48.0 Å². The summed E-state index contributed by atoms with van der Waals surface area (Å²) in [6.07, 6.45) is 2.40. The van der Waals surface area contributed by atoms with Gasteiger partial charge in [0.05, 0.1) is 0 Å². The summed E-state index contributed by atoms with van der Waals surface area (Å²) in [5, 5.41) is 2.76. The molecule has 1 heteroatoms. The Morgan fingerprint density at radius 3 is 2.43 bits per heavy atom. The second kappa shape index (κ2) is 5.55. The van der Waals surface area contributed by atoms with Crippen molar-refractivity contribution in [2.24, 2.45) is 0 Å². The van der Waals surface area contributed by atoms with Crippen molar-refractivity contribution in [2.45, 2.75) is 19.8 Å². The van der Waals surface area contributed by atoms with Gasteiger partial charge in [0.1, 0.15) is 0 Å². The molecule has 0 aromatic heterocycles. The third-order valence-corrected chi connectivity index (χ3v) is 2.40. The molecule has 14 heavy (non-hydrogen) atoms. The van der Waals surface area contributed by atoms with Gasteiger partial charge in [-0.3, -0.25) is 0 Å². The summed E-state index contributed by atoms with van der Waals surface area (Å²) in [5.41, 5.74) is 1.47. The third-order valence-electron chi connectivity index (χ3n) is 2.40. The molecule has 0 heterocycles. The van der Waals surface area contributed by atoms with Crippen molar-refractivity contribution in [3.63, 3.8) is 0 Å². The summed E-state index contributed by atoms with van der Waals surface area (Å²) < 4.78 is 0. The van der Waals surface area contributed by atoms with E-state index in [0.717, 1.165) is 0 Å². The molecule has 0 fully saturated rings. The summed E-state index contributed by atoms with van der Waals surface area (Å²) in [6, 6.07) is 15.1. The van der Waals surface area contributed by atoms with Crippen molar-refractivity contribution in [3.8, 4) is 0 Å². The monoisotopic (exact) mass is 194 g/mol. The molecule has 2 aromatic carbocycles. The van der Waals surface area contributed by atoms with Gasteiger partial charge < -0.3 is 0 Å². The van der Waals surface area contributed by atoms with E-state index in [1.807, 2.05) is 0 Å². The first kappa shape index (κ1) is 11.8. The summed E-state index contributed by atoms with van der Waals surface area (Å²) >= 11 is 0. The summed E-state index contributed by atoms with van der Waals surface area (Å²) in [4.78, 5) is 0. The molecule has 0 bridgehead atoms. The van der Waals surface area contributed by atoms with Crippen molar-refractivity contribution in [1.29, 1.82) is 0 Å². The Hall–Kier alpha value is -0.300. The van der Waals surface area contributed by atoms with Gasteiger partial charge in [-0.05, 0) is 22.8 Å². The fourth-order valence-electron chi connectivity index (χ4n) is 1.78. The average Bonchev–Trinajstić information content (AvgIpc) is 2.19. The van der Waals surface area contributed by atoms with E-state index < -0.39 is 0 Å². The number of aryl methyl sites for hydroxylation is 1. The van der Waals surface area contributed by atoms with E-state index in [-0.39, 0.29) is 29.6 Å². The zero-order chi connectivity index (χ0) is 9.10. The van der Waals surface area contributed by atoms with Gasteiger partial charge in [0.15, 0.2) is 0 Å². The predicted molar refractivity (Wildman–Crippen MR) is 65.1 cm³/mol. The van der Waals surface area contributed by atoms with Gasteiger partial charge in [0.25, 0.3) is 0 Å². The van der Waals surface area contributed by atoms with Crippen molar-refractivity contribution in [1.82, 2.24) is 0 Å². The SMILES string of the molecule is CCCc1cccc2ccccc12.[NaH]. The Balaban J connectivity index is 0.000000980. The summed E-state index contributed by atoms with van der Waals surface area (Å²) in [7, 11) is 0. The second-order valence-corrected chi connectivity index (χ2v) is 3.39. The summed E-state index contributed by atoms with van der Waals surface area (Å²) in [5.74, 6) is 0. The van der Waals surface area contributed by atoms with Gasteiger partial charge >= 0.3 is 29.6 Å². The van der Waals surface area contributed by atoms with E-state index in [4.69, 9.17) is 0 Å². The van der Waals surface area contributed by atoms with Gasteiger partial charge in [0, 0.05) is 0 Å². The van der Waals surface area contributed by atoms with Crippen molar-refractivity contribution >= 4 is 40.3 Å². The Labute approximate surface area is 108 Å². The van der Waals surface area contributed by atoms with E-state index in [1.165, 1.54) is 29.2 Å². The van der Waals surface area contributed by atoms with Crippen LogP contribution < -0.4 is 0 Å². The van der Waals surface area contributed by atoms with Crippen LogP contribution in [0.25, 0.3) is 10.8 Å². The molecule has 0 spiro atoms. The Bertz CT molecular complexity index is 401. The molecule has 0 aliphatic carbocycles. The van der Waals surface area contributed by atoms with E-state index in [0.29, 0.717) is 0 Å². The zero-order valence-corrected chi connectivity index (χ0v) is 7.96. The fraction of sp³-hybridized carbons (Fsp3) is 0.231. The first-order valence-electron chi connectivity index (χ1n) is 4.88. The third kappa shape index (κ3) is 2.38. The quantitative estimate of drug-likeness (QED) is 0.644. The molecule has 0 aliphatic rings. The second-order valence-electron chi connectivity index (χ2n) is 3.39. The molecule has 0 aliphatic heterocycles. The number of hydrogen-bond acceptors (Lipinski definition) is 0. The Morgan fingerprint density at radius 1 is 0.929 bits per heavy atom. The Kier molecular flexibility index (Phi) is 4.67. The molecule has 0 amide bonds. The molecule has 68 valence electrons. The van der Waals surface area contributed by atoms with Gasteiger partial charge in [-0.1, -0.05) is 55.8 Å². The van der Waals surface area contributed by atoms with Crippen LogP contribution in [0.2, 0.25) is 0 Å². The van der Waals surface area contributed by atoms with E-state index in [9.17, 15) is 0 Å². The molecule has 0 atom stereocenters. The van der Waals surface area contributed by atoms with Gasteiger partial charge in [0.2, 0.25) is 0 Å². The fourth-order valence-corrected chi connectivity index (χ4v) is 1.78. The van der Waals surface area contributed by atoms with Gasteiger partial charge in [-0.25, -0.2) is 0 Å². The van der Waals surface area contributed by atoms with Crippen LogP contribution in [-0.2, 0) is 6.42 Å². The molecule has 0 saturated carbocycles. The zero-order valence-electron chi connectivity index (χ0n) is 7.96. The number of hydrogen-bond donors (Lipinski definition) is 0. The topological polar surface area (TPSA) is 0 Å². The minimum absolute atomic E-state index is 0. The first-order chi connectivity index (χ1) is 6.42. The molecular weight excluding hydrogens is 179 g/mol. The molecule has 0 saturated heterocycles. The molecule has 2 aromatic rings. The maximum atomic E-state index is 2.23. The van der Waals surface area contributed by atoms with Crippen LogP contribution in [0.15, 0.2) is 42.5 Å². The molecular formula is C13H15Na. The standard InChI is InChI=1S/C13H14.Na.H/c1-2-6-11-8-5-9-12-7-3-4-10-13(11)12;;/h3-5,7-10H,2,6H2,1H3;;. The maximum absolute atomic E-state index is 2.23. The van der Waals surface area contributed by atoms with E-state index in [2.05, 4.69) is 49.4 Å². The van der Waals surface area contributed by atoms with Crippen LogP contribution in [0.5, 0.6) is 0 Å². The van der Waals surface area contributed by atoms with Crippen LogP contribution in [0, 0.1) is 0 Å².